The first-order valence-electron chi connectivity index (χ1n) is 6.91. The predicted molar refractivity (Wildman–Crippen MR) is 79.9 cm³/mol. The van der Waals surface area contributed by atoms with Crippen molar-refractivity contribution in [2.45, 2.75) is 20.0 Å². The minimum Gasteiger partial charge on any atom is -0.462 e. The summed E-state index contributed by atoms with van der Waals surface area (Å²) in [7, 11) is 0. The van der Waals surface area contributed by atoms with Gasteiger partial charge in [-0.25, -0.2) is 0 Å². The highest BCUT2D eigenvalue weighted by Crippen LogP contribution is 2.20. The molecule has 108 valence electrons. The van der Waals surface area contributed by atoms with Gasteiger partial charge in [-0.1, -0.05) is 18.2 Å². The highest BCUT2D eigenvalue weighted by molar-refractivity contribution is 5.85. The first kappa shape index (κ1) is 13.4. The van der Waals surface area contributed by atoms with Gasteiger partial charge in [0, 0.05) is 29.5 Å². The largest absolute Gasteiger partial charge is 0.462 e. The summed E-state index contributed by atoms with van der Waals surface area (Å²) < 4.78 is 8.93. The number of hydrogen-bond donors (Lipinski definition) is 0. The van der Waals surface area contributed by atoms with Gasteiger partial charge in [-0.15, -0.1) is 0 Å². The van der Waals surface area contributed by atoms with E-state index < -0.39 is 0 Å². The van der Waals surface area contributed by atoms with E-state index in [1.807, 2.05) is 48.1 Å². The second kappa shape index (κ2) is 5.83. The van der Waals surface area contributed by atoms with Gasteiger partial charge in [-0.3, -0.25) is 9.48 Å². The minimum atomic E-state index is -0.233. The molecule has 2 aromatic heterocycles. The second-order valence-electron chi connectivity index (χ2n) is 4.95. The summed E-state index contributed by atoms with van der Waals surface area (Å²) in [6.07, 6.45) is 5.53. The van der Waals surface area contributed by atoms with E-state index in [2.05, 4.69) is 11.2 Å². The second-order valence-corrected chi connectivity index (χ2v) is 4.95. The maximum absolute atomic E-state index is 11.9. The number of para-hydroxylation sites is 1. The van der Waals surface area contributed by atoms with E-state index in [-0.39, 0.29) is 12.5 Å². The van der Waals surface area contributed by atoms with Crippen LogP contribution in [0.5, 0.6) is 0 Å². The highest BCUT2D eigenvalue weighted by atomic mass is 16.5. The topological polar surface area (TPSA) is 49.0 Å². The molecule has 0 aliphatic carbocycles. The van der Waals surface area contributed by atoms with Crippen LogP contribution in [0.25, 0.3) is 10.9 Å². The number of aryl methyl sites for hydroxylation is 1. The number of esters is 1. The van der Waals surface area contributed by atoms with Crippen molar-refractivity contribution in [3.8, 4) is 0 Å². The highest BCUT2D eigenvalue weighted by Gasteiger charge is 2.09. The van der Waals surface area contributed by atoms with E-state index in [4.69, 9.17) is 4.74 Å². The van der Waals surface area contributed by atoms with Crippen molar-refractivity contribution in [3.05, 3.63) is 54.5 Å². The molecule has 0 saturated heterocycles. The molecule has 0 aliphatic rings. The Labute approximate surface area is 122 Å². The number of hydrogen-bond acceptors (Lipinski definition) is 3. The molecule has 0 unspecified atom stereocenters. The number of benzene rings is 1. The number of carbonyl (C=O) groups is 1. The predicted octanol–water partition coefficient (Wildman–Crippen LogP) is 2.39. The molecule has 5 nitrogen and oxygen atoms in total. The van der Waals surface area contributed by atoms with Gasteiger partial charge in [0.25, 0.3) is 0 Å². The lowest BCUT2D eigenvalue weighted by Gasteiger charge is -2.07. The Kier molecular flexibility index (Phi) is 3.73. The minimum absolute atomic E-state index is 0.230. The molecule has 0 N–H and O–H groups in total. The number of fused-ring (bicyclic) bond motifs is 1. The maximum Gasteiger partial charge on any atom is 0.326 e. The van der Waals surface area contributed by atoms with Crippen LogP contribution in [0.15, 0.2) is 48.9 Å². The van der Waals surface area contributed by atoms with E-state index >= 15 is 0 Å². The molecule has 3 rings (SSSR count). The number of nitrogens with zero attached hydrogens (tertiary/aromatic N) is 3. The lowest BCUT2D eigenvalue weighted by Crippen LogP contribution is -2.16. The lowest BCUT2D eigenvalue weighted by atomic mass is 10.2. The van der Waals surface area contributed by atoms with Crippen LogP contribution in [0.2, 0.25) is 0 Å². The van der Waals surface area contributed by atoms with Gasteiger partial charge >= 0.3 is 5.97 Å². The van der Waals surface area contributed by atoms with E-state index in [9.17, 15) is 4.79 Å². The molecule has 0 atom stereocenters. The monoisotopic (exact) mass is 283 g/mol. The average Bonchev–Trinajstić information content (AvgIpc) is 3.09. The Morgan fingerprint density at radius 3 is 2.95 bits per heavy atom. The molecule has 0 amide bonds. The number of carbonyl (C=O) groups excluding carboxylic acids is 1. The Balaban J connectivity index is 1.61. The molecule has 0 fully saturated rings. The Hall–Kier alpha value is -2.56. The molecule has 5 heteroatoms. The van der Waals surface area contributed by atoms with Gasteiger partial charge in [0.1, 0.15) is 13.2 Å². The smallest absolute Gasteiger partial charge is 0.326 e. The fourth-order valence-corrected chi connectivity index (χ4v) is 2.43. The quantitative estimate of drug-likeness (QED) is 0.676. The Morgan fingerprint density at radius 1 is 1.29 bits per heavy atom. The number of aromatic nitrogens is 3. The summed E-state index contributed by atoms with van der Waals surface area (Å²) in [5.74, 6) is -0.233. The van der Waals surface area contributed by atoms with Crippen molar-refractivity contribution < 1.29 is 9.53 Å². The molecular weight excluding hydrogens is 266 g/mol. The zero-order valence-corrected chi connectivity index (χ0v) is 11.9. The average molecular weight is 283 g/mol. The Bertz CT molecular complexity index is 744. The molecule has 0 aliphatic heterocycles. The van der Waals surface area contributed by atoms with Crippen LogP contribution < -0.4 is 0 Å². The van der Waals surface area contributed by atoms with Crippen LogP contribution in [-0.2, 0) is 22.6 Å². The van der Waals surface area contributed by atoms with E-state index in [0.29, 0.717) is 13.2 Å². The third-order valence-electron chi connectivity index (χ3n) is 3.43. The van der Waals surface area contributed by atoms with Crippen LogP contribution in [-0.4, -0.2) is 26.9 Å². The van der Waals surface area contributed by atoms with Crippen LogP contribution in [0, 0.1) is 6.92 Å². The summed E-state index contributed by atoms with van der Waals surface area (Å²) >= 11 is 0. The number of ether oxygens (including phenoxy) is 1. The molecule has 0 saturated carbocycles. The molecule has 2 heterocycles. The fraction of sp³-hybridized carbons (Fsp3) is 0.250. The normalized spacial score (nSPS) is 10.9. The van der Waals surface area contributed by atoms with E-state index in [1.54, 1.807) is 10.9 Å². The third kappa shape index (κ3) is 2.97. The summed E-state index contributed by atoms with van der Waals surface area (Å²) in [5.41, 5.74) is 2.22. The van der Waals surface area contributed by atoms with Gasteiger partial charge in [0.15, 0.2) is 0 Å². The summed E-state index contributed by atoms with van der Waals surface area (Å²) in [4.78, 5) is 11.9. The maximum atomic E-state index is 11.9. The first-order valence-corrected chi connectivity index (χ1v) is 6.91. The molecular formula is C16H17N3O2. The Morgan fingerprint density at radius 2 is 2.14 bits per heavy atom. The van der Waals surface area contributed by atoms with Crippen molar-refractivity contribution in [2.75, 3.05) is 6.61 Å². The van der Waals surface area contributed by atoms with Crippen molar-refractivity contribution in [3.63, 3.8) is 0 Å². The summed E-state index contributed by atoms with van der Waals surface area (Å²) in [5, 5.41) is 5.23. The van der Waals surface area contributed by atoms with Gasteiger partial charge in [0.05, 0.1) is 6.54 Å². The van der Waals surface area contributed by atoms with Crippen LogP contribution in [0.3, 0.4) is 0 Å². The molecule has 0 spiro atoms. The summed E-state index contributed by atoms with van der Waals surface area (Å²) in [6.45, 7) is 3.18. The van der Waals surface area contributed by atoms with Gasteiger partial charge in [-0.2, -0.15) is 5.10 Å². The molecule has 21 heavy (non-hydrogen) atoms. The molecule has 0 bridgehead atoms. The van der Waals surface area contributed by atoms with Crippen LogP contribution >= 0.6 is 0 Å². The van der Waals surface area contributed by atoms with Crippen molar-refractivity contribution in [1.82, 2.24) is 14.3 Å². The number of rotatable bonds is 5. The van der Waals surface area contributed by atoms with E-state index in [0.717, 1.165) is 11.1 Å². The zero-order valence-electron chi connectivity index (χ0n) is 11.9. The molecule has 1 aromatic carbocycles. The fourth-order valence-electron chi connectivity index (χ4n) is 2.43. The standard InChI is InChI=1S/C16H17N3O2/c1-13-11-18(15-6-3-2-5-14(13)15)12-16(20)21-10-9-19-8-4-7-17-19/h2-8,11H,9-10,12H2,1H3. The van der Waals surface area contributed by atoms with Crippen molar-refractivity contribution in [2.24, 2.45) is 0 Å². The first-order chi connectivity index (χ1) is 10.2. The zero-order chi connectivity index (χ0) is 14.7. The third-order valence-corrected chi connectivity index (χ3v) is 3.43. The van der Waals surface area contributed by atoms with Crippen LogP contribution in [0.1, 0.15) is 5.56 Å². The van der Waals surface area contributed by atoms with Gasteiger partial charge in [-0.05, 0) is 24.6 Å². The van der Waals surface area contributed by atoms with Gasteiger partial charge in [0.2, 0.25) is 0 Å². The lowest BCUT2D eigenvalue weighted by molar-refractivity contribution is -0.144. The van der Waals surface area contributed by atoms with Crippen molar-refractivity contribution >= 4 is 16.9 Å². The molecule has 0 radical (unpaired) electrons. The van der Waals surface area contributed by atoms with Crippen molar-refractivity contribution in [1.29, 1.82) is 0 Å². The van der Waals surface area contributed by atoms with E-state index in [1.165, 1.54) is 5.39 Å². The van der Waals surface area contributed by atoms with Crippen LogP contribution in [0.4, 0.5) is 0 Å². The summed E-state index contributed by atoms with van der Waals surface area (Å²) in [6, 6.07) is 9.89. The van der Waals surface area contributed by atoms with Gasteiger partial charge < -0.3 is 9.30 Å². The molecule has 3 aromatic rings. The SMILES string of the molecule is Cc1cn(CC(=O)OCCn2cccn2)c2ccccc12.